The van der Waals surface area contributed by atoms with E-state index in [4.69, 9.17) is 0 Å². The van der Waals surface area contributed by atoms with Crippen LogP contribution < -0.4 is 0 Å². The predicted molar refractivity (Wildman–Crippen MR) is 103 cm³/mol. The highest BCUT2D eigenvalue weighted by molar-refractivity contribution is 8.19. The van der Waals surface area contributed by atoms with Gasteiger partial charge in [0.1, 0.15) is 5.82 Å². The summed E-state index contributed by atoms with van der Waals surface area (Å²) in [4.78, 5) is 14.9. The molecule has 2 aromatic rings. The van der Waals surface area contributed by atoms with E-state index >= 15 is 0 Å². The Balaban J connectivity index is 1.98. The first-order chi connectivity index (χ1) is 12.4. The third-order valence-electron chi connectivity index (χ3n) is 3.33. The summed E-state index contributed by atoms with van der Waals surface area (Å²) >= 11 is 2.45. The zero-order valence-electron chi connectivity index (χ0n) is 13.3. The Labute approximate surface area is 158 Å². The van der Waals surface area contributed by atoms with Gasteiger partial charge in [0.05, 0.1) is 9.80 Å². The normalized spacial score (nSPS) is 18.0. The molecule has 0 saturated carbocycles. The lowest BCUT2D eigenvalue weighted by Crippen LogP contribution is -2.29. The van der Waals surface area contributed by atoms with Crippen LogP contribution in [0.1, 0.15) is 4.88 Å². The molecule has 0 unspecified atom stereocenters. The summed E-state index contributed by atoms with van der Waals surface area (Å²) in [5.74, 6) is -0.882. The van der Waals surface area contributed by atoms with Crippen LogP contribution in [0.25, 0.3) is 6.08 Å². The molecule has 0 N–H and O–H groups in total. The van der Waals surface area contributed by atoms with Crippen molar-refractivity contribution in [3.63, 3.8) is 0 Å². The van der Waals surface area contributed by atoms with Crippen LogP contribution in [0.5, 0.6) is 0 Å². The average Bonchev–Trinajstić information content (AvgIpc) is 3.20. The average molecular weight is 409 g/mol. The molecule has 134 valence electrons. The molecule has 0 radical (unpaired) electrons. The Hall–Kier alpha value is -2.23. The standard InChI is InChI=1S/C17H13FN2O3S3/c1-2-9-20-16(21)15(11-13-4-3-10-24-13)25-17(20)19-26(22,23)14-7-5-12(18)6-8-14/h2-8,10-11H,1,9H2/b15-11+,19-17+. The maximum absolute atomic E-state index is 13.0. The van der Waals surface area contributed by atoms with E-state index in [1.54, 1.807) is 6.08 Å². The minimum absolute atomic E-state index is 0.0435. The van der Waals surface area contributed by atoms with Gasteiger partial charge in [0.25, 0.3) is 15.9 Å². The number of carbonyl (C=O) groups excluding carboxylic acids is 1. The van der Waals surface area contributed by atoms with Gasteiger partial charge in [-0.15, -0.1) is 22.3 Å². The van der Waals surface area contributed by atoms with Gasteiger partial charge in [0, 0.05) is 11.4 Å². The Bertz CT molecular complexity index is 994. The maximum atomic E-state index is 13.0. The molecule has 0 aliphatic carbocycles. The second-order valence-corrected chi connectivity index (χ2v) is 8.73. The molecule has 1 aromatic heterocycles. The summed E-state index contributed by atoms with van der Waals surface area (Å²) in [6.45, 7) is 3.72. The fourth-order valence-corrected chi connectivity index (χ4v) is 5.04. The van der Waals surface area contributed by atoms with E-state index in [1.807, 2.05) is 17.5 Å². The number of carbonyl (C=O) groups is 1. The van der Waals surface area contributed by atoms with Crippen molar-refractivity contribution in [2.75, 3.05) is 6.54 Å². The lowest BCUT2D eigenvalue weighted by molar-refractivity contribution is -0.121. The van der Waals surface area contributed by atoms with Crippen molar-refractivity contribution in [2.24, 2.45) is 4.40 Å². The molecule has 9 heteroatoms. The minimum Gasteiger partial charge on any atom is -0.282 e. The SMILES string of the molecule is C=CCN1C(=O)/C(=C\c2cccs2)S/C1=N/S(=O)(=O)c1ccc(F)cc1. The number of halogens is 1. The molecule has 1 amide bonds. The summed E-state index contributed by atoms with van der Waals surface area (Å²) < 4.78 is 41.8. The number of sulfonamides is 1. The van der Waals surface area contributed by atoms with E-state index < -0.39 is 15.8 Å². The minimum atomic E-state index is -4.07. The predicted octanol–water partition coefficient (Wildman–Crippen LogP) is 3.73. The Kier molecular flexibility index (Phi) is 5.40. The van der Waals surface area contributed by atoms with E-state index in [0.717, 1.165) is 40.9 Å². The van der Waals surface area contributed by atoms with Crippen LogP contribution in [0.15, 0.2) is 68.6 Å². The molecule has 2 heterocycles. The van der Waals surface area contributed by atoms with Crippen LogP contribution in [0.4, 0.5) is 4.39 Å². The van der Waals surface area contributed by atoms with Crippen molar-refractivity contribution < 1.29 is 17.6 Å². The third kappa shape index (κ3) is 3.95. The number of thioether (sulfide) groups is 1. The van der Waals surface area contributed by atoms with Crippen molar-refractivity contribution in [3.8, 4) is 0 Å². The quantitative estimate of drug-likeness (QED) is 0.558. The second-order valence-electron chi connectivity index (χ2n) is 5.13. The summed E-state index contributed by atoms with van der Waals surface area (Å²) in [7, 11) is -4.07. The van der Waals surface area contributed by atoms with Crippen molar-refractivity contribution in [1.82, 2.24) is 4.90 Å². The zero-order chi connectivity index (χ0) is 18.7. The molecule has 5 nitrogen and oxygen atoms in total. The maximum Gasteiger partial charge on any atom is 0.284 e. The molecule has 1 aromatic carbocycles. The monoisotopic (exact) mass is 408 g/mol. The van der Waals surface area contributed by atoms with Gasteiger partial charge in [0.15, 0.2) is 5.17 Å². The largest absolute Gasteiger partial charge is 0.284 e. The summed E-state index contributed by atoms with van der Waals surface area (Å²) in [5.41, 5.74) is 0. The molecule has 1 aliphatic heterocycles. The number of amides is 1. The molecular weight excluding hydrogens is 395 g/mol. The number of rotatable bonds is 5. The van der Waals surface area contributed by atoms with E-state index in [0.29, 0.717) is 4.91 Å². The van der Waals surface area contributed by atoms with Gasteiger partial charge in [-0.2, -0.15) is 8.42 Å². The molecule has 0 spiro atoms. The van der Waals surface area contributed by atoms with E-state index in [1.165, 1.54) is 22.3 Å². The number of hydrogen-bond donors (Lipinski definition) is 0. The van der Waals surface area contributed by atoms with Crippen LogP contribution in [0, 0.1) is 5.82 Å². The second kappa shape index (κ2) is 7.56. The van der Waals surface area contributed by atoms with Gasteiger partial charge >= 0.3 is 0 Å². The molecule has 1 fully saturated rings. The summed E-state index contributed by atoms with van der Waals surface area (Å²) in [6.07, 6.45) is 3.19. The topological polar surface area (TPSA) is 66.8 Å². The molecule has 3 rings (SSSR count). The van der Waals surface area contributed by atoms with Crippen LogP contribution in [0.3, 0.4) is 0 Å². The van der Waals surface area contributed by atoms with Gasteiger partial charge < -0.3 is 0 Å². The third-order valence-corrected chi connectivity index (χ3v) is 6.55. The van der Waals surface area contributed by atoms with Crippen LogP contribution in [0.2, 0.25) is 0 Å². The Morgan fingerprint density at radius 2 is 1.96 bits per heavy atom. The van der Waals surface area contributed by atoms with Gasteiger partial charge in [-0.3, -0.25) is 9.69 Å². The summed E-state index contributed by atoms with van der Waals surface area (Å²) in [6, 6.07) is 8.07. The van der Waals surface area contributed by atoms with Crippen LogP contribution in [-0.4, -0.2) is 30.9 Å². The highest BCUT2D eigenvalue weighted by atomic mass is 32.2. The molecule has 1 saturated heterocycles. The van der Waals surface area contributed by atoms with Gasteiger partial charge in [-0.25, -0.2) is 4.39 Å². The van der Waals surface area contributed by atoms with E-state index in [2.05, 4.69) is 11.0 Å². The van der Waals surface area contributed by atoms with Gasteiger partial charge in [0.2, 0.25) is 0 Å². The first-order valence-corrected chi connectivity index (χ1v) is 10.5. The van der Waals surface area contributed by atoms with Crippen LogP contribution in [-0.2, 0) is 14.8 Å². The van der Waals surface area contributed by atoms with Gasteiger partial charge in [-0.1, -0.05) is 12.1 Å². The molecule has 0 bridgehead atoms. The fourth-order valence-electron chi connectivity index (χ4n) is 2.13. The Morgan fingerprint density at radius 1 is 1.23 bits per heavy atom. The molecule has 1 aliphatic rings. The number of benzene rings is 1. The van der Waals surface area contributed by atoms with Crippen LogP contribution >= 0.6 is 23.1 Å². The van der Waals surface area contributed by atoms with E-state index in [-0.39, 0.29) is 22.5 Å². The van der Waals surface area contributed by atoms with E-state index in [9.17, 15) is 17.6 Å². The molecule has 0 atom stereocenters. The Morgan fingerprint density at radius 3 is 2.58 bits per heavy atom. The number of nitrogens with zero attached hydrogens (tertiary/aromatic N) is 2. The number of amidine groups is 1. The van der Waals surface area contributed by atoms with Crippen molar-refractivity contribution in [2.45, 2.75) is 4.90 Å². The van der Waals surface area contributed by atoms with Crippen molar-refractivity contribution >= 4 is 50.3 Å². The zero-order valence-corrected chi connectivity index (χ0v) is 15.8. The van der Waals surface area contributed by atoms with Gasteiger partial charge in [-0.05, 0) is 53.5 Å². The fraction of sp³-hybridized carbons (Fsp3) is 0.0588. The lowest BCUT2D eigenvalue weighted by atomic mass is 10.3. The molecular formula is C17H13FN2O3S3. The lowest BCUT2D eigenvalue weighted by Gasteiger charge is -2.12. The number of hydrogen-bond acceptors (Lipinski definition) is 5. The first kappa shape index (κ1) is 18.6. The smallest absolute Gasteiger partial charge is 0.282 e. The highest BCUT2D eigenvalue weighted by Crippen LogP contribution is 2.34. The first-order valence-electron chi connectivity index (χ1n) is 7.37. The summed E-state index contributed by atoms with van der Waals surface area (Å²) in [5, 5.41) is 1.92. The van der Waals surface area contributed by atoms with Crippen molar-refractivity contribution in [1.29, 1.82) is 0 Å². The molecule has 26 heavy (non-hydrogen) atoms. The number of thiophene rings is 1. The highest BCUT2D eigenvalue weighted by Gasteiger charge is 2.34. The van der Waals surface area contributed by atoms with Crippen molar-refractivity contribution in [3.05, 3.63) is 70.0 Å².